The normalized spacial score (nSPS) is 16.5. The zero-order chi connectivity index (χ0) is 24.5. The fourth-order valence-corrected chi connectivity index (χ4v) is 4.74. The molecule has 2 aliphatic rings. The summed E-state index contributed by atoms with van der Waals surface area (Å²) in [4.78, 5) is 39.2. The number of benzene rings is 2. The third-order valence-corrected chi connectivity index (χ3v) is 6.79. The highest BCUT2D eigenvalue weighted by atomic mass is 35.5. The first kappa shape index (κ1) is 24.3. The van der Waals surface area contributed by atoms with Crippen molar-refractivity contribution in [2.75, 3.05) is 13.1 Å². The molecule has 0 aromatic heterocycles. The molecule has 0 N–H and O–H groups in total. The molecule has 0 spiro atoms. The summed E-state index contributed by atoms with van der Waals surface area (Å²) in [5.74, 6) is -1.83. The third kappa shape index (κ3) is 5.43. The topological polar surface area (TPSA) is 57.7 Å². The molecule has 1 saturated heterocycles. The number of piperidine rings is 1. The summed E-state index contributed by atoms with van der Waals surface area (Å²) < 4.78 is 38.1. The van der Waals surface area contributed by atoms with Crippen LogP contribution in [0.15, 0.2) is 42.5 Å². The molecule has 0 radical (unpaired) electrons. The van der Waals surface area contributed by atoms with Crippen molar-refractivity contribution in [2.45, 2.75) is 50.9 Å². The average Bonchev–Trinajstić information content (AvgIpc) is 3.25. The second-order valence-corrected chi connectivity index (χ2v) is 9.21. The SMILES string of the molecule is O=C(CCC(=O)N1CCC(c2ccc(Cl)cc2)CC1)c1ccc2c(c1)CN(C(=O)C(F)(F)F)C2. The molecule has 2 aliphatic heterocycles. The minimum atomic E-state index is -4.93. The van der Waals surface area contributed by atoms with Gasteiger partial charge in [0.15, 0.2) is 5.78 Å². The molecule has 0 bridgehead atoms. The number of Topliss-reactive ketones (excluding diaryl/α,β-unsaturated/α-hetero) is 1. The maximum Gasteiger partial charge on any atom is 0.471 e. The van der Waals surface area contributed by atoms with E-state index in [4.69, 9.17) is 11.6 Å². The first-order valence-corrected chi connectivity index (χ1v) is 11.5. The first-order chi connectivity index (χ1) is 16.1. The molecule has 0 saturated carbocycles. The van der Waals surface area contributed by atoms with Crippen molar-refractivity contribution >= 4 is 29.2 Å². The molecule has 9 heteroatoms. The zero-order valence-electron chi connectivity index (χ0n) is 18.4. The lowest BCUT2D eigenvalue weighted by Gasteiger charge is -2.32. The Hall–Kier alpha value is -2.87. The minimum absolute atomic E-state index is 0.0277. The van der Waals surface area contributed by atoms with E-state index in [1.54, 1.807) is 17.0 Å². The molecule has 2 aromatic carbocycles. The summed E-state index contributed by atoms with van der Waals surface area (Å²) in [6.07, 6.45) is -3.12. The Bertz CT molecular complexity index is 1090. The molecule has 180 valence electrons. The van der Waals surface area contributed by atoms with Crippen LogP contribution in [0, 0.1) is 0 Å². The van der Waals surface area contributed by atoms with Crippen LogP contribution in [0.4, 0.5) is 13.2 Å². The molecule has 2 heterocycles. The number of likely N-dealkylation sites (tertiary alicyclic amines) is 1. The van der Waals surface area contributed by atoms with Gasteiger partial charge in [0.2, 0.25) is 5.91 Å². The molecule has 34 heavy (non-hydrogen) atoms. The van der Waals surface area contributed by atoms with Crippen LogP contribution in [0.5, 0.6) is 0 Å². The van der Waals surface area contributed by atoms with Crippen molar-refractivity contribution in [1.82, 2.24) is 9.80 Å². The number of halogens is 4. The number of hydrogen-bond donors (Lipinski definition) is 0. The van der Waals surface area contributed by atoms with Gasteiger partial charge in [0.25, 0.3) is 0 Å². The van der Waals surface area contributed by atoms with Gasteiger partial charge in [0.05, 0.1) is 0 Å². The highest BCUT2D eigenvalue weighted by Crippen LogP contribution is 2.30. The Morgan fingerprint density at radius 2 is 1.53 bits per heavy atom. The molecule has 0 atom stereocenters. The van der Waals surface area contributed by atoms with Gasteiger partial charge in [0.1, 0.15) is 0 Å². The van der Waals surface area contributed by atoms with Crippen LogP contribution in [0.1, 0.15) is 58.6 Å². The fraction of sp³-hybridized carbons (Fsp3) is 0.400. The Kier molecular flexibility index (Phi) is 6.98. The second-order valence-electron chi connectivity index (χ2n) is 8.77. The van der Waals surface area contributed by atoms with E-state index in [0.717, 1.165) is 17.7 Å². The molecule has 0 unspecified atom stereocenters. The maximum atomic E-state index is 12.7. The van der Waals surface area contributed by atoms with Crippen LogP contribution >= 0.6 is 11.6 Å². The van der Waals surface area contributed by atoms with Crippen molar-refractivity contribution in [3.05, 3.63) is 69.7 Å². The third-order valence-electron chi connectivity index (χ3n) is 6.54. The lowest BCUT2D eigenvalue weighted by Crippen LogP contribution is -2.38. The number of rotatable bonds is 5. The summed E-state index contributed by atoms with van der Waals surface area (Å²) in [6.45, 7) is 0.938. The van der Waals surface area contributed by atoms with E-state index in [2.05, 4.69) is 0 Å². The molecule has 0 aliphatic carbocycles. The largest absolute Gasteiger partial charge is 0.471 e. The van der Waals surface area contributed by atoms with Crippen molar-refractivity contribution in [2.24, 2.45) is 0 Å². The van der Waals surface area contributed by atoms with Crippen LogP contribution in [0.25, 0.3) is 0 Å². The van der Waals surface area contributed by atoms with Crippen LogP contribution in [0.2, 0.25) is 5.02 Å². The molecule has 1 fully saturated rings. The Morgan fingerprint density at radius 3 is 2.18 bits per heavy atom. The Balaban J connectivity index is 1.27. The molecule has 4 rings (SSSR count). The predicted molar refractivity (Wildman–Crippen MR) is 120 cm³/mol. The summed E-state index contributed by atoms with van der Waals surface area (Å²) in [6, 6.07) is 12.4. The van der Waals surface area contributed by atoms with E-state index < -0.39 is 12.1 Å². The highest BCUT2D eigenvalue weighted by Gasteiger charge is 2.44. The van der Waals surface area contributed by atoms with Gasteiger partial charge in [-0.3, -0.25) is 14.4 Å². The van der Waals surface area contributed by atoms with Crippen molar-refractivity contribution in [3.8, 4) is 0 Å². The van der Waals surface area contributed by atoms with Gasteiger partial charge in [-0.2, -0.15) is 13.2 Å². The van der Waals surface area contributed by atoms with Crippen molar-refractivity contribution in [1.29, 1.82) is 0 Å². The quantitative estimate of drug-likeness (QED) is 0.545. The molecular formula is C25H24ClF3N2O3. The van der Waals surface area contributed by atoms with Crippen LogP contribution in [-0.4, -0.2) is 46.7 Å². The Labute approximate surface area is 200 Å². The smallest absolute Gasteiger partial charge is 0.343 e. The number of amides is 2. The summed E-state index contributed by atoms with van der Waals surface area (Å²) in [5.41, 5.74) is 2.67. The number of carbonyl (C=O) groups is 3. The van der Waals surface area contributed by atoms with E-state index in [0.29, 0.717) is 40.7 Å². The summed E-state index contributed by atoms with van der Waals surface area (Å²) in [5, 5.41) is 0.691. The maximum absolute atomic E-state index is 12.7. The monoisotopic (exact) mass is 492 g/mol. The van der Waals surface area contributed by atoms with E-state index in [-0.39, 0.29) is 37.6 Å². The average molecular weight is 493 g/mol. The fourth-order valence-electron chi connectivity index (χ4n) is 4.61. The Morgan fingerprint density at radius 1 is 0.882 bits per heavy atom. The highest BCUT2D eigenvalue weighted by molar-refractivity contribution is 6.30. The lowest BCUT2D eigenvalue weighted by atomic mass is 9.89. The number of nitrogens with zero attached hydrogens (tertiary/aromatic N) is 2. The van der Waals surface area contributed by atoms with Crippen molar-refractivity contribution in [3.63, 3.8) is 0 Å². The van der Waals surface area contributed by atoms with E-state index in [1.807, 2.05) is 24.3 Å². The minimum Gasteiger partial charge on any atom is -0.343 e. The van der Waals surface area contributed by atoms with Gasteiger partial charge >= 0.3 is 12.1 Å². The van der Waals surface area contributed by atoms with Gasteiger partial charge in [-0.25, -0.2) is 0 Å². The van der Waals surface area contributed by atoms with E-state index in [1.165, 1.54) is 11.6 Å². The number of carbonyl (C=O) groups excluding carboxylic acids is 3. The zero-order valence-corrected chi connectivity index (χ0v) is 19.2. The van der Waals surface area contributed by atoms with Gasteiger partial charge < -0.3 is 9.80 Å². The van der Waals surface area contributed by atoms with Crippen molar-refractivity contribution < 1.29 is 27.6 Å². The van der Waals surface area contributed by atoms with E-state index in [9.17, 15) is 27.6 Å². The van der Waals surface area contributed by atoms with E-state index >= 15 is 0 Å². The summed E-state index contributed by atoms with van der Waals surface area (Å²) in [7, 11) is 0. The van der Waals surface area contributed by atoms with Gasteiger partial charge in [-0.15, -0.1) is 0 Å². The first-order valence-electron chi connectivity index (χ1n) is 11.2. The van der Waals surface area contributed by atoms with Gasteiger partial charge in [-0.1, -0.05) is 35.9 Å². The number of fused-ring (bicyclic) bond motifs is 1. The molecular weight excluding hydrogens is 469 g/mol. The number of ketones is 1. The number of alkyl halides is 3. The standard InChI is InChI=1S/C25H24ClF3N2O3/c26-21-5-3-16(4-6-21)17-9-11-30(12-10-17)23(33)8-7-22(32)18-1-2-19-14-31(15-20(19)13-18)24(34)25(27,28)29/h1-6,13,17H,7-12,14-15H2. The predicted octanol–water partition coefficient (Wildman–Crippen LogP) is 5.11. The van der Waals surface area contributed by atoms with Crippen LogP contribution in [0.3, 0.4) is 0 Å². The van der Waals surface area contributed by atoms with Crippen LogP contribution in [-0.2, 0) is 22.7 Å². The summed E-state index contributed by atoms with van der Waals surface area (Å²) >= 11 is 5.95. The molecule has 2 amide bonds. The number of hydrogen-bond acceptors (Lipinski definition) is 3. The van der Waals surface area contributed by atoms with Crippen LogP contribution < -0.4 is 0 Å². The molecule has 5 nitrogen and oxygen atoms in total. The lowest BCUT2D eigenvalue weighted by molar-refractivity contribution is -0.186. The van der Waals surface area contributed by atoms with Gasteiger partial charge in [0, 0.05) is 49.6 Å². The molecule has 2 aromatic rings. The second kappa shape index (κ2) is 9.78. The van der Waals surface area contributed by atoms with Gasteiger partial charge in [-0.05, 0) is 53.6 Å².